The predicted molar refractivity (Wildman–Crippen MR) is 107 cm³/mol. The first-order valence-corrected chi connectivity index (χ1v) is 12.6. The van der Waals surface area contributed by atoms with Crippen LogP contribution in [0.15, 0.2) is 47.8 Å². The van der Waals surface area contributed by atoms with Crippen LogP contribution < -0.4 is 5.32 Å². The van der Waals surface area contributed by atoms with Gasteiger partial charge in [0, 0.05) is 10.4 Å². The molecule has 1 aliphatic rings. The summed E-state index contributed by atoms with van der Waals surface area (Å²) in [5, 5.41) is 4.85. The predicted octanol–water partition coefficient (Wildman–Crippen LogP) is 4.35. The maximum atomic E-state index is 13.5. The molecule has 1 aromatic heterocycles. The van der Waals surface area contributed by atoms with Gasteiger partial charge in [0.1, 0.15) is 0 Å². The van der Waals surface area contributed by atoms with Gasteiger partial charge in [0.05, 0.1) is 0 Å². The lowest BCUT2D eigenvalue weighted by molar-refractivity contribution is -0.146. The van der Waals surface area contributed by atoms with Crippen LogP contribution in [-0.2, 0) is 14.8 Å². The van der Waals surface area contributed by atoms with Crippen molar-refractivity contribution in [1.29, 1.82) is 0 Å². The average Bonchev–Trinajstić information content (AvgIpc) is 3.22. The number of carbonyl (C=O) groups is 2. The first-order valence-electron chi connectivity index (χ1n) is 9.16. The molecule has 1 aliphatic heterocycles. The van der Waals surface area contributed by atoms with Gasteiger partial charge < -0.3 is 9.74 Å². The molecule has 6 heteroatoms. The molecule has 0 saturated carbocycles. The molecule has 2 unspecified atom stereocenters. The molecular formula is C20H25NO3SSi. The van der Waals surface area contributed by atoms with E-state index in [1.165, 1.54) is 11.3 Å². The Morgan fingerprint density at radius 3 is 2.27 bits per heavy atom. The zero-order chi connectivity index (χ0) is 18.8. The van der Waals surface area contributed by atoms with E-state index in [0.717, 1.165) is 23.0 Å². The minimum Gasteiger partial charge on any atom is -0.402 e. The molecule has 4 nitrogen and oxygen atoms in total. The quantitative estimate of drug-likeness (QED) is 0.416. The van der Waals surface area contributed by atoms with E-state index in [9.17, 15) is 9.59 Å². The third-order valence-corrected chi connectivity index (χ3v) is 11.2. The number of carbonyl (C=O) groups excluding carboxylic acids is 2. The lowest BCUT2D eigenvalue weighted by Gasteiger charge is -2.50. The molecule has 0 radical (unpaired) electrons. The van der Waals surface area contributed by atoms with Crippen molar-refractivity contribution in [2.45, 2.75) is 50.5 Å². The normalized spacial score (nSPS) is 22.6. The van der Waals surface area contributed by atoms with Crippen LogP contribution in [0.25, 0.3) is 0 Å². The van der Waals surface area contributed by atoms with E-state index in [4.69, 9.17) is 4.43 Å². The van der Waals surface area contributed by atoms with Gasteiger partial charge in [-0.2, -0.15) is 0 Å². The molecule has 2 atom stereocenters. The largest absolute Gasteiger partial charge is 0.402 e. The maximum Gasteiger partial charge on any atom is 0.252 e. The van der Waals surface area contributed by atoms with Crippen LogP contribution in [-0.4, -0.2) is 26.1 Å². The summed E-state index contributed by atoms with van der Waals surface area (Å²) in [6, 6.07) is 15.8. The molecule has 1 saturated heterocycles. The molecule has 0 aliphatic carbocycles. The molecule has 2 aromatic rings. The molecule has 2 heterocycles. The number of β-lactam (4-membered cyclic amide) rings is 1. The molecule has 0 bridgehead atoms. The van der Waals surface area contributed by atoms with Gasteiger partial charge >= 0.3 is 0 Å². The van der Waals surface area contributed by atoms with Crippen molar-refractivity contribution in [3.05, 3.63) is 58.3 Å². The standard InChI is InChI=1S/C20H25NO3SSi/c1-4-26(5-2,6-3)24-18-19(23)21-20(18,16-13-10-14-25-16)17(22)15-11-8-7-9-12-15/h7-14,18H,4-6H2,1-3H3,(H,21,23). The van der Waals surface area contributed by atoms with Crippen molar-refractivity contribution in [2.24, 2.45) is 0 Å². The highest BCUT2D eigenvalue weighted by molar-refractivity contribution is 7.10. The number of hydrogen-bond acceptors (Lipinski definition) is 4. The van der Waals surface area contributed by atoms with Crippen molar-refractivity contribution in [3.8, 4) is 0 Å². The molecule has 0 spiro atoms. The SMILES string of the molecule is CC[Si](CC)(CC)OC1C(=O)NC1(C(=O)c1ccccc1)c1cccs1. The van der Waals surface area contributed by atoms with Gasteiger partial charge in [0.25, 0.3) is 5.91 Å². The molecule has 1 aromatic carbocycles. The van der Waals surface area contributed by atoms with Crippen LogP contribution in [0.3, 0.4) is 0 Å². The highest BCUT2D eigenvalue weighted by Crippen LogP contribution is 2.42. The number of rotatable bonds is 8. The topological polar surface area (TPSA) is 55.4 Å². The second-order valence-electron chi connectivity index (χ2n) is 6.71. The lowest BCUT2D eigenvalue weighted by Crippen LogP contribution is -2.76. The lowest BCUT2D eigenvalue weighted by atomic mass is 9.76. The van der Waals surface area contributed by atoms with E-state index in [-0.39, 0.29) is 11.7 Å². The van der Waals surface area contributed by atoms with Crippen molar-refractivity contribution < 1.29 is 14.0 Å². The van der Waals surface area contributed by atoms with Gasteiger partial charge in [-0.3, -0.25) is 9.59 Å². The fourth-order valence-corrected chi connectivity index (χ4v) is 7.32. The Bertz CT molecular complexity index is 765. The molecule has 26 heavy (non-hydrogen) atoms. The first-order chi connectivity index (χ1) is 12.5. The Kier molecular flexibility index (Phi) is 5.46. The van der Waals surface area contributed by atoms with Gasteiger partial charge in [0.15, 0.2) is 25.7 Å². The van der Waals surface area contributed by atoms with Crippen molar-refractivity contribution in [1.82, 2.24) is 5.32 Å². The second kappa shape index (κ2) is 7.46. The van der Waals surface area contributed by atoms with E-state index >= 15 is 0 Å². The van der Waals surface area contributed by atoms with E-state index in [1.807, 2.05) is 35.7 Å². The Labute approximate surface area is 159 Å². The van der Waals surface area contributed by atoms with Gasteiger partial charge in [-0.25, -0.2) is 0 Å². The molecule has 1 amide bonds. The van der Waals surface area contributed by atoms with Crippen LogP contribution >= 0.6 is 11.3 Å². The van der Waals surface area contributed by atoms with Gasteiger partial charge in [-0.05, 0) is 29.6 Å². The second-order valence-corrected chi connectivity index (χ2v) is 12.4. The summed E-state index contributed by atoms with van der Waals surface area (Å²) in [5.41, 5.74) is -0.518. The number of benzene rings is 1. The highest BCUT2D eigenvalue weighted by Gasteiger charge is 2.62. The third kappa shape index (κ3) is 2.96. The van der Waals surface area contributed by atoms with Crippen molar-refractivity contribution >= 4 is 31.3 Å². The van der Waals surface area contributed by atoms with Gasteiger partial charge in [0.2, 0.25) is 0 Å². The molecule has 138 valence electrons. The molecular weight excluding hydrogens is 362 g/mol. The van der Waals surface area contributed by atoms with Gasteiger partial charge in [-0.1, -0.05) is 57.2 Å². The Morgan fingerprint density at radius 2 is 1.77 bits per heavy atom. The van der Waals surface area contributed by atoms with Crippen LogP contribution in [0.4, 0.5) is 0 Å². The number of thiophene rings is 1. The Morgan fingerprint density at radius 1 is 1.12 bits per heavy atom. The fraction of sp³-hybridized carbons (Fsp3) is 0.400. The van der Waals surface area contributed by atoms with Crippen molar-refractivity contribution in [3.63, 3.8) is 0 Å². The van der Waals surface area contributed by atoms with Crippen molar-refractivity contribution in [2.75, 3.05) is 0 Å². The summed E-state index contributed by atoms with van der Waals surface area (Å²) in [7, 11) is -2.05. The zero-order valence-corrected chi connectivity index (χ0v) is 17.3. The summed E-state index contributed by atoms with van der Waals surface area (Å²) < 4.78 is 6.53. The summed E-state index contributed by atoms with van der Waals surface area (Å²) in [6.07, 6.45) is -0.750. The Hall–Kier alpha value is -1.76. The highest BCUT2D eigenvalue weighted by atomic mass is 32.1. The molecule has 1 N–H and O–H groups in total. The summed E-state index contributed by atoms with van der Waals surface area (Å²) in [6.45, 7) is 6.38. The minimum absolute atomic E-state index is 0.101. The Balaban J connectivity index is 2.05. The van der Waals surface area contributed by atoms with E-state index < -0.39 is 20.0 Å². The zero-order valence-electron chi connectivity index (χ0n) is 15.5. The number of nitrogens with one attached hydrogen (secondary N) is 1. The smallest absolute Gasteiger partial charge is 0.252 e. The minimum atomic E-state index is -2.05. The number of Topliss-reactive ketones (excluding diaryl/α,β-unsaturated/α-hetero) is 1. The number of ketones is 1. The number of hydrogen-bond donors (Lipinski definition) is 1. The van der Waals surface area contributed by atoms with Crippen LogP contribution in [0.2, 0.25) is 18.1 Å². The number of amides is 1. The summed E-state index contributed by atoms with van der Waals surface area (Å²) in [4.78, 5) is 26.9. The summed E-state index contributed by atoms with van der Waals surface area (Å²) >= 11 is 1.48. The van der Waals surface area contributed by atoms with E-state index in [2.05, 4.69) is 26.1 Å². The third-order valence-electron chi connectivity index (χ3n) is 5.56. The van der Waals surface area contributed by atoms with E-state index in [1.54, 1.807) is 12.1 Å². The van der Waals surface area contributed by atoms with E-state index in [0.29, 0.717) is 5.56 Å². The maximum absolute atomic E-state index is 13.5. The van der Waals surface area contributed by atoms with Crippen LogP contribution in [0, 0.1) is 0 Å². The van der Waals surface area contributed by atoms with Crippen LogP contribution in [0.1, 0.15) is 36.0 Å². The fourth-order valence-electron chi connectivity index (χ4n) is 3.63. The van der Waals surface area contributed by atoms with Gasteiger partial charge in [-0.15, -0.1) is 11.3 Å². The average molecular weight is 388 g/mol. The molecule has 1 fully saturated rings. The van der Waals surface area contributed by atoms with Crippen LogP contribution in [0.5, 0.6) is 0 Å². The summed E-state index contributed by atoms with van der Waals surface area (Å²) in [5.74, 6) is -0.286. The monoisotopic (exact) mass is 387 g/mol. The molecule has 3 rings (SSSR count). The first kappa shape index (κ1) is 19.0.